The molecule has 0 bridgehead atoms. The first-order valence-corrected chi connectivity index (χ1v) is 3.79. The van der Waals surface area contributed by atoms with Crippen molar-refractivity contribution >= 4 is 13.3 Å². The highest BCUT2D eigenvalue weighted by molar-refractivity contribution is 6.33. The monoisotopic (exact) mass is 148 g/mol. The van der Waals surface area contributed by atoms with Gasteiger partial charge in [0.25, 0.3) is 0 Å². The van der Waals surface area contributed by atoms with E-state index in [-0.39, 0.29) is 5.41 Å². The van der Waals surface area contributed by atoms with E-state index < -0.39 is 0 Å². The van der Waals surface area contributed by atoms with E-state index in [1.54, 1.807) is 6.20 Å². The van der Waals surface area contributed by atoms with Crippen LogP contribution in [0.2, 0.25) is 0 Å². The Morgan fingerprint density at radius 1 is 1.18 bits per heavy atom. The summed E-state index contributed by atoms with van der Waals surface area (Å²) < 4.78 is 0. The average Bonchev–Trinajstić information content (AvgIpc) is 1.86. The van der Waals surface area contributed by atoms with Crippen LogP contribution in [-0.4, -0.2) is 18.0 Å². The van der Waals surface area contributed by atoms with Crippen molar-refractivity contribution < 1.29 is 0 Å². The van der Waals surface area contributed by atoms with Gasteiger partial charge in [-0.25, -0.2) is 0 Å². The maximum absolute atomic E-state index is 3.86. The van der Waals surface area contributed by atoms with E-state index in [0.717, 1.165) is 0 Å². The third-order valence-electron chi connectivity index (χ3n) is 1.74. The van der Waals surface area contributed by atoms with E-state index in [1.807, 2.05) is 6.20 Å². The summed E-state index contributed by atoms with van der Waals surface area (Å²) >= 11 is 0. The van der Waals surface area contributed by atoms with E-state index in [0.29, 0.717) is 0 Å². The molecule has 0 aromatic carbocycles. The quantitative estimate of drug-likeness (QED) is 0.485. The number of hydrogen-bond donors (Lipinski definition) is 0. The summed E-state index contributed by atoms with van der Waals surface area (Å²) in [6.45, 7) is 6.53. The number of rotatable bonds is 0. The molecule has 1 heterocycles. The Kier molecular flexibility index (Phi) is 1.98. The molecule has 3 heteroatoms. The van der Waals surface area contributed by atoms with Gasteiger partial charge in [-0.2, -0.15) is 10.2 Å². The topological polar surface area (TPSA) is 25.8 Å². The minimum Gasteiger partial charge on any atom is -0.160 e. The van der Waals surface area contributed by atoms with Crippen molar-refractivity contribution in [2.75, 3.05) is 0 Å². The summed E-state index contributed by atoms with van der Waals surface area (Å²) in [6.07, 6.45) is 3.65. The lowest BCUT2D eigenvalue weighted by molar-refractivity contribution is 0.589. The van der Waals surface area contributed by atoms with Crippen LogP contribution in [0, 0.1) is 0 Å². The van der Waals surface area contributed by atoms with Crippen molar-refractivity contribution in [2.45, 2.75) is 26.2 Å². The lowest BCUT2D eigenvalue weighted by Gasteiger charge is -2.20. The van der Waals surface area contributed by atoms with Gasteiger partial charge in [-0.3, -0.25) is 0 Å². The number of aromatic nitrogens is 2. The molecule has 58 valence electrons. The van der Waals surface area contributed by atoms with Crippen LogP contribution in [0.1, 0.15) is 26.3 Å². The van der Waals surface area contributed by atoms with Gasteiger partial charge in [0.2, 0.25) is 0 Å². The van der Waals surface area contributed by atoms with Crippen LogP contribution in [0.25, 0.3) is 0 Å². The molecular weight excluding hydrogens is 135 g/mol. The second kappa shape index (κ2) is 2.64. The molecule has 0 aliphatic heterocycles. The Bertz CT molecular complexity index is 253. The maximum atomic E-state index is 3.86. The van der Waals surface area contributed by atoms with Gasteiger partial charge in [0.15, 0.2) is 0 Å². The van der Waals surface area contributed by atoms with Crippen LogP contribution in [-0.2, 0) is 5.41 Å². The SMILES string of the molecule is Bc1cnncc1C(C)(C)C. The van der Waals surface area contributed by atoms with E-state index >= 15 is 0 Å². The van der Waals surface area contributed by atoms with E-state index in [1.165, 1.54) is 11.0 Å². The molecule has 1 rings (SSSR count). The minimum atomic E-state index is 0.181. The fourth-order valence-electron chi connectivity index (χ4n) is 1.17. The standard InChI is InChI=1S/C8H13BN2/c1-8(2,3)6-4-10-11-5-7(6)9/h4-5H,9H2,1-3H3. The minimum absolute atomic E-state index is 0.181. The molecule has 0 saturated carbocycles. The Morgan fingerprint density at radius 3 is 2.09 bits per heavy atom. The summed E-state index contributed by atoms with van der Waals surface area (Å²) in [7, 11) is 2.06. The fraction of sp³-hybridized carbons (Fsp3) is 0.500. The molecular formula is C8H13BN2. The van der Waals surface area contributed by atoms with Gasteiger partial charge in [0.05, 0.1) is 6.20 Å². The van der Waals surface area contributed by atoms with Crippen molar-refractivity contribution in [3.05, 3.63) is 18.0 Å². The van der Waals surface area contributed by atoms with Crippen molar-refractivity contribution in [3.63, 3.8) is 0 Å². The third-order valence-corrected chi connectivity index (χ3v) is 1.74. The molecule has 0 radical (unpaired) electrons. The highest BCUT2D eigenvalue weighted by Gasteiger charge is 2.15. The summed E-state index contributed by atoms with van der Waals surface area (Å²) in [5.41, 5.74) is 2.67. The summed E-state index contributed by atoms with van der Waals surface area (Å²) in [5.74, 6) is 0. The second-order valence-electron chi connectivity index (χ2n) is 3.84. The molecule has 0 fully saturated rings. The molecule has 0 N–H and O–H groups in total. The average molecular weight is 148 g/mol. The molecule has 11 heavy (non-hydrogen) atoms. The first-order chi connectivity index (χ1) is 5.02. The van der Waals surface area contributed by atoms with Crippen molar-refractivity contribution in [1.82, 2.24) is 10.2 Å². The zero-order valence-electron chi connectivity index (χ0n) is 7.55. The largest absolute Gasteiger partial charge is 0.160 e. The van der Waals surface area contributed by atoms with E-state index in [2.05, 4.69) is 38.8 Å². The van der Waals surface area contributed by atoms with Gasteiger partial charge in [0.1, 0.15) is 7.85 Å². The molecule has 0 atom stereocenters. The fourth-order valence-corrected chi connectivity index (χ4v) is 1.17. The number of nitrogens with zero attached hydrogens (tertiary/aromatic N) is 2. The summed E-state index contributed by atoms with van der Waals surface area (Å²) in [4.78, 5) is 0. The van der Waals surface area contributed by atoms with Crippen molar-refractivity contribution in [1.29, 1.82) is 0 Å². The van der Waals surface area contributed by atoms with Crippen LogP contribution in [0.15, 0.2) is 12.4 Å². The molecule has 0 amide bonds. The molecule has 0 saturated heterocycles. The van der Waals surface area contributed by atoms with Crippen molar-refractivity contribution in [2.24, 2.45) is 0 Å². The first kappa shape index (κ1) is 8.24. The summed E-state index contributed by atoms with van der Waals surface area (Å²) in [5, 5.41) is 7.67. The molecule has 0 aliphatic carbocycles. The van der Waals surface area contributed by atoms with Crippen molar-refractivity contribution in [3.8, 4) is 0 Å². The summed E-state index contributed by atoms with van der Waals surface area (Å²) in [6, 6.07) is 0. The molecule has 0 spiro atoms. The zero-order valence-corrected chi connectivity index (χ0v) is 7.55. The maximum Gasteiger partial charge on any atom is 0.141 e. The molecule has 1 aromatic heterocycles. The predicted molar refractivity (Wildman–Crippen MR) is 48.9 cm³/mol. The highest BCUT2D eigenvalue weighted by Crippen LogP contribution is 2.17. The van der Waals surface area contributed by atoms with Gasteiger partial charge in [0, 0.05) is 6.20 Å². The zero-order chi connectivity index (χ0) is 8.48. The Labute approximate surface area is 68.5 Å². The number of hydrogen-bond acceptors (Lipinski definition) is 2. The molecule has 2 nitrogen and oxygen atoms in total. The molecule has 1 aromatic rings. The van der Waals surface area contributed by atoms with Gasteiger partial charge in [-0.05, 0) is 11.0 Å². The Hall–Kier alpha value is -0.855. The predicted octanol–water partition coefficient (Wildman–Crippen LogP) is 0.0325. The lowest BCUT2D eigenvalue weighted by atomic mass is 9.79. The normalized spacial score (nSPS) is 11.5. The van der Waals surface area contributed by atoms with Gasteiger partial charge >= 0.3 is 0 Å². The Morgan fingerprint density at radius 2 is 1.73 bits per heavy atom. The van der Waals surface area contributed by atoms with Crippen LogP contribution in [0.5, 0.6) is 0 Å². The van der Waals surface area contributed by atoms with Crippen LogP contribution >= 0.6 is 0 Å². The highest BCUT2D eigenvalue weighted by atomic mass is 15.1. The Balaban J connectivity index is 3.14. The van der Waals surface area contributed by atoms with Gasteiger partial charge in [-0.1, -0.05) is 26.2 Å². The molecule has 0 unspecified atom stereocenters. The first-order valence-electron chi connectivity index (χ1n) is 3.79. The second-order valence-corrected chi connectivity index (χ2v) is 3.84. The smallest absolute Gasteiger partial charge is 0.141 e. The van der Waals surface area contributed by atoms with E-state index in [9.17, 15) is 0 Å². The van der Waals surface area contributed by atoms with Gasteiger partial charge < -0.3 is 0 Å². The van der Waals surface area contributed by atoms with E-state index in [4.69, 9.17) is 0 Å². The van der Waals surface area contributed by atoms with Crippen LogP contribution in [0.4, 0.5) is 0 Å². The third kappa shape index (κ3) is 1.79. The van der Waals surface area contributed by atoms with Crippen LogP contribution in [0.3, 0.4) is 0 Å². The van der Waals surface area contributed by atoms with Gasteiger partial charge in [-0.15, -0.1) is 0 Å². The lowest BCUT2D eigenvalue weighted by Crippen LogP contribution is -2.23. The molecule has 0 aliphatic rings. The van der Waals surface area contributed by atoms with Crippen LogP contribution < -0.4 is 5.46 Å².